The number of phenols is 1. The van der Waals surface area contributed by atoms with Crippen molar-refractivity contribution in [3.8, 4) is 17.3 Å². The van der Waals surface area contributed by atoms with Crippen molar-refractivity contribution in [2.75, 3.05) is 0 Å². The Morgan fingerprint density at radius 1 is 0.879 bits per heavy atom. The molecule has 0 saturated heterocycles. The smallest absolute Gasteiger partial charge is 0.295 e. The summed E-state index contributed by atoms with van der Waals surface area (Å²) in [5.41, 5.74) is 0.724. The van der Waals surface area contributed by atoms with Gasteiger partial charge in [-0.25, -0.2) is 0 Å². The second-order valence-corrected chi connectivity index (χ2v) is 9.87. The molecule has 0 saturated carbocycles. The second-order valence-electron chi connectivity index (χ2n) is 8.48. The van der Waals surface area contributed by atoms with E-state index >= 15 is 0 Å². The Bertz CT molecular complexity index is 1490. The van der Waals surface area contributed by atoms with Crippen molar-refractivity contribution in [1.29, 1.82) is 0 Å². The highest BCUT2D eigenvalue weighted by Crippen LogP contribution is 2.43. The van der Waals surface area contributed by atoms with Gasteiger partial charge >= 0.3 is 0 Å². The van der Waals surface area contributed by atoms with Gasteiger partial charge in [0.05, 0.1) is 11.4 Å². The van der Waals surface area contributed by atoms with Crippen LogP contribution in [-0.2, 0) is 15.5 Å². The summed E-state index contributed by atoms with van der Waals surface area (Å²) in [5.74, 6) is -0.717. The fourth-order valence-electron chi connectivity index (χ4n) is 3.48. The van der Waals surface area contributed by atoms with E-state index < -0.39 is 26.2 Å². The van der Waals surface area contributed by atoms with Crippen LogP contribution in [-0.4, -0.2) is 33.0 Å². The van der Waals surface area contributed by atoms with E-state index in [-0.39, 0.29) is 28.0 Å². The molecule has 0 aliphatic carbocycles. The van der Waals surface area contributed by atoms with Crippen LogP contribution in [0.2, 0.25) is 0 Å². The Balaban J connectivity index is 1.92. The number of nitrogens with zero attached hydrogens (tertiary/aromatic N) is 4. The molecule has 1 heterocycles. The fourth-order valence-corrected chi connectivity index (χ4v) is 4.20. The quantitative estimate of drug-likeness (QED) is 0.272. The summed E-state index contributed by atoms with van der Waals surface area (Å²) >= 11 is 0. The molecule has 0 unspecified atom stereocenters. The van der Waals surface area contributed by atoms with Crippen LogP contribution in [0.3, 0.4) is 0 Å². The molecule has 1 aromatic heterocycles. The Hall–Kier alpha value is -3.76. The summed E-state index contributed by atoms with van der Waals surface area (Å²) in [5, 5.41) is 34.7. The van der Waals surface area contributed by atoms with Gasteiger partial charge in [-0.3, -0.25) is 4.55 Å². The van der Waals surface area contributed by atoms with Gasteiger partial charge in [0.2, 0.25) is 5.88 Å². The molecule has 0 aliphatic rings. The van der Waals surface area contributed by atoms with Gasteiger partial charge in [0.15, 0.2) is 5.69 Å². The topological polar surface area (TPSA) is 137 Å². The molecule has 170 valence electrons. The molecule has 0 aliphatic heterocycles. The van der Waals surface area contributed by atoms with E-state index in [9.17, 15) is 23.2 Å². The highest BCUT2D eigenvalue weighted by molar-refractivity contribution is 7.86. The number of rotatable bonds is 4. The summed E-state index contributed by atoms with van der Waals surface area (Å²) < 4.78 is 34.4. The number of phenolic OH excluding ortho intramolecular Hbond substituents is 1. The standard InChI is InChI=1S/C23H22N4O5S/c1-23(2,3)21-20(22(29)27(26-21)14-9-5-4-6-10-14)25-24-19-16-12-8-7-11-15(16)18(13-17(19)28)33(30,31)32/h4-13,28-29H,1-3H3,(H,30,31,32). The summed E-state index contributed by atoms with van der Waals surface area (Å²) in [7, 11) is -4.58. The van der Waals surface area contributed by atoms with Crippen molar-refractivity contribution in [3.63, 3.8) is 0 Å². The first-order valence-corrected chi connectivity index (χ1v) is 11.4. The lowest BCUT2D eigenvalue weighted by Gasteiger charge is -2.15. The Labute approximate surface area is 190 Å². The van der Waals surface area contributed by atoms with Crippen molar-refractivity contribution < 1.29 is 23.2 Å². The molecule has 9 nitrogen and oxygen atoms in total. The van der Waals surface area contributed by atoms with E-state index in [0.717, 1.165) is 6.07 Å². The van der Waals surface area contributed by atoms with Crippen LogP contribution in [0.5, 0.6) is 11.6 Å². The zero-order chi connectivity index (χ0) is 24.0. The lowest BCUT2D eigenvalue weighted by molar-refractivity contribution is 0.434. The number of azo groups is 1. The van der Waals surface area contributed by atoms with Crippen LogP contribution in [0.1, 0.15) is 26.5 Å². The van der Waals surface area contributed by atoms with Gasteiger partial charge in [-0.05, 0) is 12.1 Å². The molecule has 3 N–H and O–H groups in total. The fraction of sp³-hybridized carbons (Fsp3) is 0.174. The van der Waals surface area contributed by atoms with Crippen LogP contribution in [0.25, 0.3) is 16.5 Å². The predicted molar refractivity (Wildman–Crippen MR) is 124 cm³/mol. The monoisotopic (exact) mass is 466 g/mol. The molecular formula is C23H22N4O5S. The molecule has 0 bridgehead atoms. The van der Waals surface area contributed by atoms with Gasteiger partial charge in [0, 0.05) is 22.3 Å². The van der Waals surface area contributed by atoms with E-state index in [2.05, 4.69) is 15.3 Å². The average molecular weight is 467 g/mol. The van der Waals surface area contributed by atoms with Crippen molar-refractivity contribution in [2.45, 2.75) is 31.1 Å². The van der Waals surface area contributed by atoms with Gasteiger partial charge in [0.25, 0.3) is 10.1 Å². The largest absolute Gasteiger partial charge is 0.506 e. The Kier molecular flexibility index (Phi) is 5.43. The molecule has 0 amide bonds. The zero-order valence-electron chi connectivity index (χ0n) is 18.1. The van der Waals surface area contributed by atoms with Gasteiger partial charge in [-0.15, -0.1) is 10.2 Å². The lowest BCUT2D eigenvalue weighted by atomic mass is 9.91. The highest BCUT2D eigenvalue weighted by Gasteiger charge is 2.28. The minimum absolute atomic E-state index is 0.00952. The number of fused-ring (bicyclic) bond motifs is 1. The first-order chi connectivity index (χ1) is 15.5. The van der Waals surface area contributed by atoms with Crippen molar-refractivity contribution in [3.05, 3.63) is 66.4 Å². The van der Waals surface area contributed by atoms with Gasteiger partial charge in [0.1, 0.15) is 16.3 Å². The molecular weight excluding hydrogens is 444 g/mol. The van der Waals surface area contributed by atoms with Crippen molar-refractivity contribution in [2.24, 2.45) is 10.2 Å². The number of aromatic nitrogens is 2. The normalized spacial score (nSPS) is 12.6. The highest BCUT2D eigenvalue weighted by atomic mass is 32.2. The molecule has 3 aromatic carbocycles. The van der Waals surface area contributed by atoms with Gasteiger partial charge < -0.3 is 10.2 Å². The van der Waals surface area contributed by atoms with Gasteiger partial charge in [-0.2, -0.15) is 18.2 Å². The molecule has 0 spiro atoms. The summed E-state index contributed by atoms with van der Waals surface area (Å²) in [6, 6.07) is 16.2. The molecule has 4 rings (SSSR count). The van der Waals surface area contributed by atoms with E-state index in [1.165, 1.54) is 10.7 Å². The number of benzene rings is 3. The minimum atomic E-state index is -4.58. The van der Waals surface area contributed by atoms with E-state index in [1.54, 1.807) is 30.3 Å². The summed E-state index contributed by atoms with van der Waals surface area (Å²) in [6.45, 7) is 5.74. The molecule has 0 fully saturated rings. The number of aromatic hydroxyl groups is 2. The lowest BCUT2D eigenvalue weighted by Crippen LogP contribution is -2.13. The van der Waals surface area contributed by atoms with Crippen LogP contribution in [0.15, 0.2) is 75.8 Å². The van der Waals surface area contributed by atoms with Crippen molar-refractivity contribution in [1.82, 2.24) is 9.78 Å². The average Bonchev–Trinajstić information content (AvgIpc) is 3.09. The third kappa shape index (κ3) is 4.18. The predicted octanol–water partition coefficient (Wildman–Crippen LogP) is 5.40. The SMILES string of the molecule is CC(C)(C)c1nn(-c2ccccc2)c(O)c1N=Nc1c(O)cc(S(=O)(=O)O)c2ccccc12. The molecule has 4 aromatic rings. The Morgan fingerprint density at radius 2 is 1.45 bits per heavy atom. The van der Waals surface area contributed by atoms with Crippen LogP contribution >= 0.6 is 0 Å². The van der Waals surface area contributed by atoms with E-state index in [0.29, 0.717) is 11.4 Å². The summed E-state index contributed by atoms with van der Waals surface area (Å²) in [6.07, 6.45) is 0. The van der Waals surface area contributed by atoms with Crippen LogP contribution in [0.4, 0.5) is 11.4 Å². The first-order valence-electron chi connectivity index (χ1n) is 10.0. The summed E-state index contributed by atoms with van der Waals surface area (Å²) in [4.78, 5) is -0.440. The number of para-hydroxylation sites is 1. The third-order valence-corrected chi connectivity index (χ3v) is 5.93. The van der Waals surface area contributed by atoms with Crippen LogP contribution in [0, 0.1) is 0 Å². The third-order valence-electron chi connectivity index (χ3n) is 5.03. The van der Waals surface area contributed by atoms with E-state index in [1.807, 2.05) is 39.0 Å². The van der Waals surface area contributed by atoms with Crippen LogP contribution < -0.4 is 0 Å². The molecule has 0 atom stereocenters. The maximum Gasteiger partial charge on any atom is 0.295 e. The zero-order valence-corrected chi connectivity index (χ0v) is 18.9. The first kappa shape index (κ1) is 22.4. The van der Waals surface area contributed by atoms with E-state index in [4.69, 9.17) is 0 Å². The number of hydrogen-bond acceptors (Lipinski definition) is 7. The molecule has 33 heavy (non-hydrogen) atoms. The van der Waals surface area contributed by atoms with Crippen molar-refractivity contribution >= 4 is 32.3 Å². The maximum atomic E-state index is 11.8. The maximum absolute atomic E-state index is 11.8. The second kappa shape index (κ2) is 7.98. The Morgan fingerprint density at radius 3 is 2.06 bits per heavy atom. The molecule has 0 radical (unpaired) electrons. The van der Waals surface area contributed by atoms with Gasteiger partial charge in [-0.1, -0.05) is 63.2 Å². The molecule has 10 heteroatoms. The number of hydrogen-bond donors (Lipinski definition) is 3. The minimum Gasteiger partial charge on any atom is -0.506 e.